The molecule has 0 radical (unpaired) electrons. The highest BCUT2D eigenvalue weighted by Gasteiger charge is 2.25. The highest BCUT2D eigenvalue weighted by atomic mass is 16.5. The Balaban J connectivity index is 1.92. The number of hydrogen-bond acceptors (Lipinski definition) is 3. The second kappa shape index (κ2) is 6.09. The first-order valence-corrected chi connectivity index (χ1v) is 8.29. The van der Waals surface area contributed by atoms with Crippen LogP contribution in [0.1, 0.15) is 41.1 Å². The van der Waals surface area contributed by atoms with E-state index in [0.717, 1.165) is 18.4 Å². The number of H-pyrrole nitrogens is 1. The van der Waals surface area contributed by atoms with Gasteiger partial charge in [0, 0.05) is 10.9 Å². The maximum Gasteiger partial charge on any atom is 0.341 e. The summed E-state index contributed by atoms with van der Waals surface area (Å²) in [5.41, 5.74) is 0.711. The summed E-state index contributed by atoms with van der Waals surface area (Å²) < 4.78 is 6.12. The third-order valence-electron chi connectivity index (χ3n) is 4.74. The molecule has 126 valence electrons. The topological polar surface area (TPSA) is 79.4 Å². The third-order valence-corrected chi connectivity index (χ3v) is 4.74. The average molecular weight is 335 g/mol. The second-order valence-corrected chi connectivity index (χ2v) is 6.31. The number of pyridine rings is 1. The minimum Gasteiger partial charge on any atom is -0.477 e. The zero-order valence-corrected chi connectivity index (χ0v) is 13.5. The Morgan fingerprint density at radius 1 is 1.12 bits per heavy atom. The predicted molar refractivity (Wildman–Crippen MR) is 94.6 cm³/mol. The van der Waals surface area contributed by atoms with Gasteiger partial charge in [-0.25, -0.2) is 4.79 Å². The van der Waals surface area contributed by atoms with Crippen LogP contribution in [0.25, 0.3) is 10.9 Å². The molecule has 1 fully saturated rings. The van der Waals surface area contributed by atoms with Gasteiger partial charge in [-0.3, -0.25) is 4.79 Å². The van der Waals surface area contributed by atoms with Crippen LogP contribution in [0.4, 0.5) is 0 Å². The molecule has 0 saturated heterocycles. The Bertz CT molecular complexity index is 1000. The number of carbonyl (C=O) groups is 1. The van der Waals surface area contributed by atoms with Gasteiger partial charge in [0.05, 0.1) is 5.52 Å². The van der Waals surface area contributed by atoms with Crippen LogP contribution >= 0.6 is 0 Å². The first-order valence-electron chi connectivity index (χ1n) is 8.29. The van der Waals surface area contributed by atoms with E-state index in [4.69, 9.17) is 9.84 Å². The van der Waals surface area contributed by atoms with Crippen molar-refractivity contribution >= 4 is 16.9 Å². The summed E-state index contributed by atoms with van der Waals surface area (Å²) >= 11 is 0. The van der Waals surface area contributed by atoms with E-state index >= 15 is 0 Å². The van der Waals surface area contributed by atoms with Gasteiger partial charge in [0.1, 0.15) is 11.3 Å². The van der Waals surface area contributed by atoms with Crippen molar-refractivity contribution in [2.45, 2.75) is 25.2 Å². The van der Waals surface area contributed by atoms with E-state index < -0.39 is 11.5 Å². The van der Waals surface area contributed by atoms with Gasteiger partial charge in [0.25, 0.3) is 5.56 Å². The lowest BCUT2D eigenvalue weighted by Gasteiger charge is -2.28. The van der Waals surface area contributed by atoms with Crippen LogP contribution in [0.3, 0.4) is 0 Å². The number of aromatic carboxylic acids is 1. The normalized spacial score (nSPS) is 14.2. The summed E-state index contributed by atoms with van der Waals surface area (Å²) in [5.74, 6) is 0.462. The smallest absolute Gasteiger partial charge is 0.341 e. The van der Waals surface area contributed by atoms with E-state index in [1.807, 2.05) is 42.5 Å². The molecule has 4 rings (SSSR count). The molecule has 0 amide bonds. The highest BCUT2D eigenvalue weighted by molar-refractivity contribution is 5.94. The molecule has 0 unspecified atom stereocenters. The summed E-state index contributed by atoms with van der Waals surface area (Å²) in [5, 5.41) is 9.81. The molecule has 1 heterocycles. The number of aromatic amines is 1. The van der Waals surface area contributed by atoms with E-state index in [-0.39, 0.29) is 5.56 Å². The Hall–Kier alpha value is -3.08. The standard InChI is InChI=1S/C20H17NO4/c22-19-16(20(23)24)11-13-9-10-15(12-5-4-6-12)18(17(13)21-19)25-14-7-2-1-3-8-14/h1-3,7-12H,4-6H2,(H,21,22)(H,23,24). The summed E-state index contributed by atoms with van der Waals surface area (Å²) in [7, 11) is 0. The van der Waals surface area contributed by atoms with E-state index in [1.165, 1.54) is 12.5 Å². The van der Waals surface area contributed by atoms with E-state index in [0.29, 0.717) is 28.3 Å². The Kier molecular flexibility index (Phi) is 3.76. The molecule has 1 aliphatic rings. The van der Waals surface area contributed by atoms with Gasteiger partial charge in [-0.1, -0.05) is 36.8 Å². The van der Waals surface area contributed by atoms with Gasteiger partial charge < -0.3 is 14.8 Å². The van der Waals surface area contributed by atoms with Crippen molar-refractivity contribution in [3.63, 3.8) is 0 Å². The fraction of sp³-hybridized carbons (Fsp3) is 0.200. The third kappa shape index (κ3) is 2.78. The summed E-state index contributed by atoms with van der Waals surface area (Å²) in [4.78, 5) is 26.1. The van der Waals surface area contributed by atoms with E-state index in [1.54, 1.807) is 0 Å². The number of carboxylic acids is 1. The average Bonchev–Trinajstić information content (AvgIpc) is 2.56. The summed E-state index contributed by atoms with van der Waals surface area (Å²) in [6.45, 7) is 0. The Labute approximate surface area is 143 Å². The lowest BCUT2D eigenvalue weighted by molar-refractivity contribution is 0.0695. The van der Waals surface area contributed by atoms with Gasteiger partial charge in [0.15, 0.2) is 5.75 Å². The molecule has 5 heteroatoms. The van der Waals surface area contributed by atoms with Crippen LogP contribution in [-0.2, 0) is 0 Å². The Morgan fingerprint density at radius 2 is 1.88 bits per heavy atom. The molecule has 1 saturated carbocycles. The molecule has 3 aromatic rings. The van der Waals surface area contributed by atoms with Gasteiger partial charge in [0.2, 0.25) is 0 Å². The summed E-state index contributed by atoms with van der Waals surface area (Å²) in [6.07, 6.45) is 3.37. The van der Waals surface area contributed by atoms with Crippen molar-refractivity contribution in [2.75, 3.05) is 0 Å². The monoisotopic (exact) mass is 335 g/mol. The minimum absolute atomic E-state index is 0.269. The van der Waals surface area contributed by atoms with E-state index in [9.17, 15) is 9.59 Å². The van der Waals surface area contributed by atoms with Crippen molar-refractivity contribution in [3.8, 4) is 11.5 Å². The lowest BCUT2D eigenvalue weighted by Crippen LogP contribution is -2.18. The number of nitrogens with one attached hydrogen (secondary N) is 1. The lowest BCUT2D eigenvalue weighted by atomic mass is 9.79. The van der Waals surface area contributed by atoms with Gasteiger partial charge >= 0.3 is 5.97 Å². The van der Waals surface area contributed by atoms with Crippen LogP contribution in [0.5, 0.6) is 11.5 Å². The Morgan fingerprint density at radius 3 is 2.52 bits per heavy atom. The van der Waals surface area contributed by atoms with Crippen LogP contribution < -0.4 is 10.3 Å². The van der Waals surface area contributed by atoms with Crippen LogP contribution in [0, 0.1) is 0 Å². The maximum atomic E-state index is 12.2. The first kappa shape index (κ1) is 15.4. The number of ether oxygens (including phenoxy) is 1. The first-order chi connectivity index (χ1) is 12.1. The van der Waals surface area contributed by atoms with Crippen LogP contribution in [-0.4, -0.2) is 16.1 Å². The van der Waals surface area contributed by atoms with Gasteiger partial charge in [-0.2, -0.15) is 0 Å². The molecule has 0 spiro atoms. The number of aromatic nitrogens is 1. The maximum absolute atomic E-state index is 12.2. The van der Waals surface area contributed by atoms with Crippen molar-refractivity contribution < 1.29 is 14.6 Å². The van der Waals surface area contributed by atoms with Crippen LogP contribution in [0.2, 0.25) is 0 Å². The molecular weight excluding hydrogens is 318 g/mol. The molecule has 2 aromatic carbocycles. The number of carboxylic acid groups (broad SMARTS) is 1. The summed E-state index contributed by atoms with van der Waals surface area (Å²) in [6, 6.07) is 14.6. The molecule has 0 bridgehead atoms. The van der Waals surface area contributed by atoms with Crippen molar-refractivity contribution in [2.24, 2.45) is 0 Å². The molecule has 0 aliphatic heterocycles. The predicted octanol–water partition coefficient (Wildman–Crippen LogP) is 4.29. The molecule has 1 aliphatic carbocycles. The SMILES string of the molecule is O=C(O)c1cc2ccc(C3CCC3)c(Oc3ccccc3)c2[nH]c1=O. The molecular formula is C20H17NO4. The van der Waals surface area contributed by atoms with Crippen LogP contribution in [0.15, 0.2) is 53.3 Å². The number of fused-ring (bicyclic) bond motifs is 1. The van der Waals surface area contributed by atoms with Crippen molar-refractivity contribution in [1.82, 2.24) is 4.98 Å². The molecule has 2 N–H and O–H groups in total. The number of para-hydroxylation sites is 1. The number of hydrogen-bond donors (Lipinski definition) is 2. The highest BCUT2D eigenvalue weighted by Crippen LogP contribution is 2.44. The molecule has 5 nitrogen and oxygen atoms in total. The second-order valence-electron chi connectivity index (χ2n) is 6.31. The van der Waals surface area contributed by atoms with Crippen molar-refractivity contribution in [1.29, 1.82) is 0 Å². The minimum atomic E-state index is -1.24. The fourth-order valence-electron chi connectivity index (χ4n) is 3.18. The number of benzene rings is 2. The molecule has 1 aromatic heterocycles. The zero-order valence-electron chi connectivity index (χ0n) is 13.5. The molecule has 25 heavy (non-hydrogen) atoms. The largest absolute Gasteiger partial charge is 0.477 e. The fourth-order valence-corrected chi connectivity index (χ4v) is 3.18. The molecule has 0 atom stereocenters. The van der Waals surface area contributed by atoms with Gasteiger partial charge in [-0.15, -0.1) is 0 Å². The zero-order chi connectivity index (χ0) is 17.4. The van der Waals surface area contributed by atoms with Crippen molar-refractivity contribution in [3.05, 3.63) is 70.0 Å². The number of rotatable bonds is 4. The van der Waals surface area contributed by atoms with E-state index in [2.05, 4.69) is 4.98 Å². The van der Waals surface area contributed by atoms with Gasteiger partial charge in [-0.05, 0) is 37.0 Å². The quantitative estimate of drug-likeness (QED) is 0.745.